The van der Waals surface area contributed by atoms with Gasteiger partial charge in [0.25, 0.3) is 0 Å². The Kier molecular flexibility index (Phi) is 0.938. The maximum absolute atomic E-state index is 12.4. The van der Waals surface area contributed by atoms with Gasteiger partial charge in [-0.15, -0.1) is 0 Å². The van der Waals surface area contributed by atoms with Crippen molar-refractivity contribution in [2.24, 2.45) is 0 Å². The third-order valence-corrected chi connectivity index (χ3v) is 2.08. The molecule has 0 atom stereocenters. The van der Waals surface area contributed by atoms with E-state index in [9.17, 15) is 4.39 Å². The van der Waals surface area contributed by atoms with E-state index in [1.54, 1.807) is 4.68 Å². The zero-order chi connectivity index (χ0) is 7.19. The molecule has 0 aliphatic heterocycles. The highest BCUT2D eigenvalue weighted by atomic mass is 19.1. The van der Waals surface area contributed by atoms with Crippen molar-refractivity contribution in [3.63, 3.8) is 0 Å². The molecule has 0 spiro atoms. The van der Waals surface area contributed by atoms with Gasteiger partial charge >= 0.3 is 0 Å². The summed E-state index contributed by atoms with van der Waals surface area (Å²) in [5.74, 6) is -0.242. The molecule has 0 saturated heterocycles. The van der Waals surface area contributed by atoms with Crippen LogP contribution in [0.25, 0.3) is 0 Å². The quantitative estimate of drug-likeness (QED) is 0.578. The lowest BCUT2D eigenvalue weighted by Crippen LogP contribution is -2.11. The summed E-state index contributed by atoms with van der Waals surface area (Å²) in [6, 6.07) is 0. The molecule has 1 fully saturated rings. The van der Waals surface area contributed by atoms with Gasteiger partial charge in [0.2, 0.25) is 0 Å². The van der Waals surface area contributed by atoms with Crippen LogP contribution in [0.1, 0.15) is 19.8 Å². The molecule has 54 valence electrons. The summed E-state index contributed by atoms with van der Waals surface area (Å²) in [6.07, 6.45) is 4.94. The Hall–Kier alpha value is -0.860. The molecule has 1 saturated carbocycles. The van der Waals surface area contributed by atoms with Crippen LogP contribution in [0.5, 0.6) is 0 Å². The minimum Gasteiger partial charge on any atom is -0.264 e. The second-order valence-corrected chi connectivity index (χ2v) is 3.10. The second kappa shape index (κ2) is 1.59. The molecule has 1 aliphatic rings. The van der Waals surface area contributed by atoms with Gasteiger partial charge in [-0.1, -0.05) is 0 Å². The summed E-state index contributed by atoms with van der Waals surface area (Å²) in [6.45, 7) is 2.08. The van der Waals surface area contributed by atoms with E-state index in [0.717, 1.165) is 12.8 Å². The van der Waals surface area contributed by atoms with Crippen molar-refractivity contribution in [2.45, 2.75) is 25.3 Å². The average molecular weight is 140 g/mol. The molecule has 0 bridgehead atoms. The first-order valence-corrected chi connectivity index (χ1v) is 3.41. The standard InChI is InChI=1S/C7H9FN2/c1-7(2-3-7)10-5-6(8)4-9-10/h4-5H,2-3H2,1H3. The molecule has 2 nitrogen and oxygen atoms in total. The van der Waals surface area contributed by atoms with Crippen LogP contribution in [-0.2, 0) is 5.54 Å². The van der Waals surface area contributed by atoms with Crippen LogP contribution in [0.2, 0.25) is 0 Å². The van der Waals surface area contributed by atoms with Gasteiger partial charge in [-0.05, 0) is 19.8 Å². The van der Waals surface area contributed by atoms with Gasteiger partial charge in [-0.2, -0.15) is 5.10 Å². The molecule has 3 heteroatoms. The van der Waals surface area contributed by atoms with Crippen LogP contribution < -0.4 is 0 Å². The van der Waals surface area contributed by atoms with E-state index in [4.69, 9.17) is 0 Å². The minimum atomic E-state index is -0.242. The summed E-state index contributed by atoms with van der Waals surface area (Å²) in [7, 11) is 0. The second-order valence-electron chi connectivity index (χ2n) is 3.10. The summed E-state index contributed by atoms with van der Waals surface area (Å²) in [4.78, 5) is 0. The molecule has 0 radical (unpaired) electrons. The average Bonchev–Trinajstić information content (AvgIpc) is 2.45. The number of nitrogens with zero attached hydrogens (tertiary/aromatic N) is 2. The topological polar surface area (TPSA) is 17.8 Å². The largest absolute Gasteiger partial charge is 0.264 e. The van der Waals surface area contributed by atoms with E-state index in [0.29, 0.717) is 0 Å². The highest BCUT2D eigenvalue weighted by molar-refractivity contribution is 4.98. The van der Waals surface area contributed by atoms with Gasteiger partial charge in [0.15, 0.2) is 5.82 Å². The van der Waals surface area contributed by atoms with E-state index in [1.807, 2.05) is 0 Å². The third-order valence-electron chi connectivity index (χ3n) is 2.08. The first-order valence-electron chi connectivity index (χ1n) is 3.41. The molecule has 1 heterocycles. The number of hydrogen-bond donors (Lipinski definition) is 0. The van der Waals surface area contributed by atoms with Crippen molar-refractivity contribution in [1.29, 1.82) is 0 Å². The van der Waals surface area contributed by atoms with Gasteiger partial charge in [0.05, 0.1) is 17.9 Å². The van der Waals surface area contributed by atoms with Gasteiger partial charge in [-0.3, -0.25) is 4.68 Å². The lowest BCUT2D eigenvalue weighted by Gasteiger charge is -2.06. The lowest BCUT2D eigenvalue weighted by molar-refractivity contribution is 0.469. The molecule has 1 aliphatic carbocycles. The molecule has 2 rings (SSSR count). The Morgan fingerprint density at radius 2 is 2.40 bits per heavy atom. The third kappa shape index (κ3) is 0.735. The van der Waals surface area contributed by atoms with E-state index in [1.165, 1.54) is 12.4 Å². The van der Waals surface area contributed by atoms with Crippen LogP contribution in [0.15, 0.2) is 12.4 Å². The van der Waals surface area contributed by atoms with E-state index in [-0.39, 0.29) is 11.4 Å². The number of hydrogen-bond acceptors (Lipinski definition) is 1. The van der Waals surface area contributed by atoms with Gasteiger partial charge in [0, 0.05) is 0 Å². The Labute approximate surface area is 58.7 Å². The Balaban J connectivity index is 2.34. The fourth-order valence-corrected chi connectivity index (χ4v) is 1.01. The zero-order valence-corrected chi connectivity index (χ0v) is 5.84. The Bertz CT molecular complexity index is 250. The maximum atomic E-state index is 12.4. The number of halogens is 1. The van der Waals surface area contributed by atoms with Crippen molar-refractivity contribution in [3.8, 4) is 0 Å². The SMILES string of the molecule is CC1(n2cc(F)cn2)CC1. The summed E-state index contributed by atoms with van der Waals surface area (Å²) >= 11 is 0. The van der Waals surface area contributed by atoms with E-state index < -0.39 is 0 Å². The highest BCUT2D eigenvalue weighted by Crippen LogP contribution is 2.41. The Morgan fingerprint density at radius 1 is 1.70 bits per heavy atom. The van der Waals surface area contributed by atoms with Crippen molar-refractivity contribution in [2.75, 3.05) is 0 Å². The molecule has 0 aromatic carbocycles. The maximum Gasteiger partial charge on any atom is 0.161 e. The molecule has 0 unspecified atom stereocenters. The van der Waals surface area contributed by atoms with Crippen LogP contribution in [0.3, 0.4) is 0 Å². The van der Waals surface area contributed by atoms with Crippen molar-refractivity contribution in [3.05, 3.63) is 18.2 Å². The van der Waals surface area contributed by atoms with Crippen LogP contribution in [0, 0.1) is 5.82 Å². The normalized spacial score (nSPS) is 21.0. The number of aromatic nitrogens is 2. The Morgan fingerprint density at radius 3 is 2.80 bits per heavy atom. The predicted molar refractivity (Wildman–Crippen MR) is 35.1 cm³/mol. The van der Waals surface area contributed by atoms with Gasteiger partial charge in [0.1, 0.15) is 0 Å². The summed E-state index contributed by atoms with van der Waals surface area (Å²) in [5, 5.41) is 3.89. The highest BCUT2D eigenvalue weighted by Gasteiger charge is 2.40. The summed E-state index contributed by atoms with van der Waals surface area (Å²) in [5.41, 5.74) is 0.129. The predicted octanol–water partition coefficient (Wildman–Crippen LogP) is 1.53. The number of rotatable bonds is 1. The molecular weight excluding hydrogens is 131 g/mol. The first kappa shape index (κ1) is 5.89. The van der Waals surface area contributed by atoms with Crippen molar-refractivity contribution >= 4 is 0 Å². The monoisotopic (exact) mass is 140 g/mol. The lowest BCUT2D eigenvalue weighted by atomic mass is 10.3. The smallest absolute Gasteiger partial charge is 0.161 e. The van der Waals surface area contributed by atoms with E-state index >= 15 is 0 Å². The summed E-state index contributed by atoms with van der Waals surface area (Å²) < 4.78 is 14.1. The van der Waals surface area contributed by atoms with Gasteiger partial charge < -0.3 is 0 Å². The van der Waals surface area contributed by atoms with Crippen LogP contribution >= 0.6 is 0 Å². The van der Waals surface area contributed by atoms with Crippen LogP contribution in [0.4, 0.5) is 4.39 Å². The van der Waals surface area contributed by atoms with Crippen LogP contribution in [-0.4, -0.2) is 9.78 Å². The van der Waals surface area contributed by atoms with Crippen molar-refractivity contribution < 1.29 is 4.39 Å². The molecule has 0 N–H and O–H groups in total. The first-order chi connectivity index (χ1) is 4.71. The molecule has 0 amide bonds. The minimum absolute atomic E-state index is 0.129. The molecule has 1 aromatic rings. The molecule has 1 aromatic heterocycles. The van der Waals surface area contributed by atoms with E-state index in [2.05, 4.69) is 12.0 Å². The fourth-order valence-electron chi connectivity index (χ4n) is 1.01. The molecule has 10 heavy (non-hydrogen) atoms. The van der Waals surface area contributed by atoms with Gasteiger partial charge in [-0.25, -0.2) is 4.39 Å². The molecular formula is C7H9FN2. The fraction of sp³-hybridized carbons (Fsp3) is 0.571. The van der Waals surface area contributed by atoms with Crippen molar-refractivity contribution in [1.82, 2.24) is 9.78 Å². The zero-order valence-electron chi connectivity index (χ0n) is 5.84.